The molecule has 0 saturated heterocycles. The average molecular weight is 566 g/mol. The highest BCUT2D eigenvalue weighted by Crippen LogP contribution is 2.07. The van der Waals surface area contributed by atoms with Gasteiger partial charge in [-0.1, -0.05) is 39.0 Å². The van der Waals surface area contributed by atoms with Crippen LogP contribution in [0.3, 0.4) is 0 Å². The average Bonchev–Trinajstić information content (AvgIpc) is 2.91. The van der Waals surface area contributed by atoms with Gasteiger partial charge in [0.1, 0.15) is 18.1 Å². The van der Waals surface area contributed by atoms with E-state index in [1.54, 1.807) is 0 Å². The molecule has 40 heavy (non-hydrogen) atoms. The fraction of sp³-hybridized carbons (Fsp3) is 0.680. The van der Waals surface area contributed by atoms with Crippen molar-refractivity contribution in [3.8, 4) is 0 Å². The molecule has 15 nitrogen and oxygen atoms in total. The smallest absolute Gasteiger partial charge is 0.326 e. The number of hydrogen-bond donors (Lipinski definition) is 4. The van der Waals surface area contributed by atoms with Gasteiger partial charge < -0.3 is 37.3 Å². The van der Waals surface area contributed by atoms with Crippen LogP contribution in [0.4, 0.5) is 0 Å². The van der Waals surface area contributed by atoms with Gasteiger partial charge in [0.2, 0.25) is 23.4 Å². The molecule has 3 atom stereocenters. The molecule has 0 rings (SSSR count). The first kappa shape index (κ1) is 35.9. The van der Waals surface area contributed by atoms with Crippen molar-refractivity contribution in [3.05, 3.63) is 11.1 Å². The van der Waals surface area contributed by atoms with Crippen LogP contribution in [-0.4, -0.2) is 87.2 Å². The van der Waals surface area contributed by atoms with E-state index >= 15 is 0 Å². The zero-order chi connectivity index (χ0) is 30.3. The van der Waals surface area contributed by atoms with Gasteiger partial charge >= 0.3 is 24.4 Å². The molecule has 0 aromatic heterocycles. The van der Waals surface area contributed by atoms with Crippen molar-refractivity contribution < 1.29 is 48.2 Å². The van der Waals surface area contributed by atoms with Crippen LogP contribution in [0.1, 0.15) is 84.0 Å². The minimum atomic E-state index is -1.52. The number of nitrogens with one attached hydrogen (secondary N) is 2. The van der Waals surface area contributed by atoms with Gasteiger partial charge in [0.05, 0.1) is 6.61 Å². The summed E-state index contributed by atoms with van der Waals surface area (Å²) in [5, 5.41) is 14.0. The number of amides is 2. The summed E-state index contributed by atoms with van der Waals surface area (Å²) in [6, 6.07) is -3.96. The van der Waals surface area contributed by atoms with Crippen molar-refractivity contribution in [2.24, 2.45) is 5.73 Å². The van der Waals surface area contributed by atoms with Crippen molar-refractivity contribution in [3.63, 3.8) is 0 Å². The molecular weight excluding hydrogens is 526 g/mol. The molecule has 0 fully saturated rings. The van der Waals surface area contributed by atoms with Crippen molar-refractivity contribution in [2.45, 2.75) is 102 Å². The molecule has 0 spiro atoms. The van der Waals surface area contributed by atoms with E-state index in [0.717, 1.165) is 32.1 Å². The van der Waals surface area contributed by atoms with E-state index in [1.807, 2.05) is 0 Å². The summed E-state index contributed by atoms with van der Waals surface area (Å²) >= 11 is 0. The first-order chi connectivity index (χ1) is 19.0. The predicted octanol–water partition coefficient (Wildman–Crippen LogP) is 0.352. The minimum absolute atomic E-state index is 0.0854. The molecule has 222 valence electrons. The third kappa shape index (κ3) is 17.4. The molecule has 0 aliphatic rings. The molecule has 15 heteroatoms. The molecule has 0 aliphatic heterocycles. The number of esters is 1. The summed E-state index contributed by atoms with van der Waals surface area (Å²) in [5.74, 6) is -5.09. The topological polar surface area (TPSA) is 255 Å². The maximum atomic E-state index is 12.8. The van der Waals surface area contributed by atoms with Crippen LogP contribution in [-0.2, 0) is 33.5 Å². The summed E-state index contributed by atoms with van der Waals surface area (Å²) in [7, 11) is 0. The predicted molar refractivity (Wildman–Crippen MR) is 141 cm³/mol. The van der Waals surface area contributed by atoms with Crippen LogP contribution in [0.2, 0.25) is 0 Å². The van der Waals surface area contributed by atoms with Crippen LogP contribution in [0, 0.1) is 0 Å². The number of rotatable bonds is 23. The second-order valence-corrected chi connectivity index (χ2v) is 9.10. The number of aliphatic carboxylic acids is 1. The fourth-order valence-electron chi connectivity index (χ4n) is 3.46. The molecule has 0 radical (unpaired) electrons. The Kier molecular flexibility index (Phi) is 19.6. The standard InChI is InChI=1S/C25H39N7O8/c1-2-3-4-5-6-7-14-40-25(39)19(26)10-13-22(35)31-20(11-8-17(33)15-29-27)23(36)32-21(24(37)38)12-9-18(34)16-30-28/h15-16,19-21H,2-14,26H2,1H3,(H,31,35)(H,32,36)(H,37,38). The lowest BCUT2D eigenvalue weighted by atomic mass is 10.0. The highest BCUT2D eigenvalue weighted by molar-refractivity contribution is 6.25. The Labute approximate surface area is 232 Å². The molecule has 0 saturated carbocycles. The number of carbonyl (C=O) groups is 6. The SMILES string of the molecule is CCCCCCCCOC(=O)C(N)CCC(=O)NC(CCC(=O)C=[N+]=[N-])C(=O)NC(CCC(=O)C=[N+]=[N-])C(=O)O. The largest absolute Gasteiger partial charge is 0.480 e. The van der Waals surface area contributed by atoms with E-state index in [2.05, 4.69) is 27.1 Å². The summed E-state index contributed by atoms with van der Waals surface area (Å²) in [5.41, 5.74) is 22.7. The molecule has 0 aliphatic carbocycles. The molecular formula is C25H39N7O8. The van der Waals surface area contributed by atoms with Crippen LogP contribution in [0.25, 0.3) is 11.1 Å². The number of hydrogen-bond acceptors (Lipinski definition) is 8. The van der Waals surface area contributed by atoms with Crippen molar-refractivity contribution in [2.75, 3.05) is 6.61 Å². The lowest BCUT2D eigenvalue weighted by Crippen LogP contribution is -2.52. The minimum Gasteiger partial charge on any atom is -0.480 e. The molecule has 0 heterocycles. The zero-order valence-corrected chi connectivity index (χ0v) is 22.8. The lowest BCUT2D eigenvalue weighted by molar-refractivity contribution is -0.145. The number of Topliss-reactive ketones (excluding diaryl/α,β-unsaturated/α-hetero) is 2. The van der Waals surface area contributed by atoms with Gasteiger partial charge in [-0.05, 0) is 25.7 Å². The van der Waals surface area contributed by atoms with E-state index < -0.39 is 53.4 Å². The van der Waals surface area contributed by atoms with Gasteiger partial charge in [0.15, 0.2) is 0 Å². The molecule has 0 bridgehead atoms. The number of nitrogens with zero attached hydrogens (tertiary/aromatic N) is 4. The van der Waals surface area contributed by atoms with E-state index in [0.29, 0.717) is 18.9 Å². The van der Waals surface area contributed by atoms with Gasteiger partial charge in [-0.2, -0.15) is 9.58 Å². The maximum Gasteiger partial charge on any atom is 0.326 e. The number of nitrogens with two attached hydrogens (primary N) is 1. The molecule has 2 amide bonds. The molecule has 3 unspecified atom stereocenters. The summed E-state index contributed by atoms with van der Waals surface area (Å²) in [6.07, 6.45) is 5.68. The summed E-state index contributed by atoms with van der Waals surface area (Å²) in [4.78, 5) is 77.2. The third-order valence-corrected chi connectivity index (χ3v) is 5.76. The van der Waals surface area contributed by atoms with Crippen molar-refractivity contribution in [1.29, 1.82) is 0 Å². The molecule has 0 aromatic carbocycles. The highest BCUT2D eigenvalue weighted by Gasteiger charge is 2.28. The fourth-order valence-corrected chi connectivity index (χ4v) is 3.46. The quantitative estimate of drug-likeness (QED) is 0.0437. The van der Waals surface area contributed by atoms with Crippen LogP contribution in [0.5, 0.6) is 0 Å². The van der Waals surface area contributed by atoms with E-state index in [-0.39, 0.29) is 45.1 Å². The Morgan fingerprint density at radius 3 is 1.93 bits per heavy atom. The number of carbonyl (C=O) groups excluding carboxylic acids is 5. The summed E-state index contributed by atoms with van der Waals surface area (Å²) in [6.45, 7) is 2.34. The number of unbranched alkanes of at least 4 members (excludes halogenated alkanes) is 5. The third-order valence-electron chi connectivity index (χ3n) is 5.76. The number of ether oxygens (including phenoxy) is 1. The van der Waals surface area contributed by atoms with E-state index in [1.165, 1.54) is 0 Å². The van der Waals surface area contributed by atoms with Gasteiger partial charge in [-0.3, -0.25) is 24.0 Å². The number of carboxylic acid groups (broad SMARTS) is 1. The first-order valence-electron chi connectivity index (χ1n) is 13.2. The van der Waals surface area contributed by atoms with Crippen molar-refractivity contribution in [1.82, 2.24) is 10.6 Å². The van der Waals surface area contributed by atoms with Gasteiger partial charge in [0, 0.05) is 19.3 Å². The summed E-state index contributed by atoms with van der Waals surface area (Å²) < 4.78 is 5.14. The van der Waals surface area contributed by atoms with Crippen molar-refractivity contribution >= 4 is 47.7 Å². The van der Waals surface area contributed by atoms with Gasteiger partial charge in [0.25, 0.3) is 0 Å². The Morgan fingerprint density at radius 1 is 0.825 bits per heavy atom. The second-order valence-electron chi connectivity index (χ2n) is 9.10. The van der Waals surface area contributed by atoms with Gasteiger partial charge in [-0.15, -0.1) is 0 Å². The Bertz CT molecular complexity index is 974. The van der Waals surface area contributed by atoms with Crippen LogP contribution >= 0.6 is 0 Å². The normalized spacial score (nSPS) is 12.4. The van der Waals surface area contributed by atoms with E-state index in [4.69, 9.17) is 21.5 Å². The highest BCUT2D eigenvalue weighted by atomic mass is 16.5. The molecule has 5 N–H and O–H groups in total. The van der Waals surface area contributed by atoms with Crippen LogP contribution in [0.15, 0.2) is 0 Å². The zero-order valence-electron chi connectivity index (χ0n) is 22.8. The Hall–Kier alpha value is -4.06. The molecule has 0 aromatic rings. The van der Waals surface area contributed by atoms with E-state index in [9.17, 15) is 33.9 Å². The Morgan fingerprint density at radius 2 is 1.38 bits per heavy atom. The Balaban J connectivity index is 4.99. The van der Waals surface area contributed by atoms with Gasteiger partial charge in [-0.25, -0.2) is 4.79 Å². The number of carboxylic acids is 1. The first-order valence-corrected chi connectivity index (χ1v) is 13.2. The lowest BCUT2D eigenvalue weighted by Gasteiger charge is -2.21. The monoisotopic (exact) mass is 565 g/mol. The number of ketones is 2. The van der Waals surface area contributed by atoms with Crippen LogP contribution < -0.4 is 16.4 Å². The second kappa shape index (κ2) is 21.8. The maximum absolute atomic E-state index is 12.8.